The highest BCUT2D eigenvalue weighted by molar-refractivity contribution is 4.76. The SMILES string of the molecule is F[CH]CCC(F)(F)C(F)(F)F. The van der Waals surface area contributed by atoms with Gasteiger partial charge in [0.1, 0.15) is 6.67 Å². The molecular weight excluding hydrogens is 174 g/mol. The first-order valence-electron chi connectivity index (χ1n) is 2.67. The summed E-state index contributed by atoms with van der Waals surface area (Å²) < 4.78 is 68.5. The lowest BCUT2D eigenvalue weighted by atomic mass is 10.2. The average molecular weight is 179 g/mol. The van der Waals surface area contributed by atoms with Gasteiger partial charge in [0.05, 0.1) is 0 Å². The Bertz CT molecular complexity index is 115. The van der Waals surface area contributed by atoms with Crippen molar-refractivity contribution in [3.8, 4) is 0 Å². The molecule has 1 radical (unpaired) electrons. The molecular formula is C5H5F6. The van der Waals surface area contributed by atoms with Crippen LogP contribution in [0.1, 0.15) is 12.8 Å². The van der Waals surface area contributed by atoms with Crippen LogP contribution in [0.3, 0.4) is 0 Å². The van der Waals surface area contributed by atoms with Gasteiger partial charge in [0, 0.05) is 6.42 Å². The van der Waals surface area contributed by atoms with Gasteiger partial charge in [-0.3, -0.25) is 0 Å². The molecule has 0 saturated carbocycles. The topological polar surface area (TPSA) is 0 Å². The summed E-state index contributed by atoms with van der Waals surface area (Å²) in [6.07, 6.45) is -8.00. The Morgan fingerprint density at radius 1 is 1.00 bits per heavy atom. The summed E-state index contributed by atoms with van der Waals surface area (Å²) in [5, 5.41) is 0. The lowest BCUT2D eigenvalue weighted by Gasteiger charge is -2.18. The van der Waals surface area contributed by atoms with E-state index in [4.69, 9.17) is 0 Å². The van der Waals surface area contributed by atoms with Crippen molar-refractivity contribution < 1.29 is 26.3 Å². The van der Waals surface area contributed by atoms with Crippen molar-refractivity contribution in [1.29, 1.82) is 0 Å². The minimum atomic E-state index is -5.57. The minimum Gasteiger partial charge on any atom is -0.244 e. The molecule has 0 atom stereocenters. The number of halogens is 6. The highest BCUT2D eigenvalue weighted by Gasteiger charge is 2.56. The normalized spacial score (nSPS) is 13.6. The van der Waals surface area contributed by atoms with Crippen LogP contribution < -0.4 is 0 Å². The zero-order valence-electron chi connectivity index (χ0n) is 5.26. The summed E-state index contributed by atoms with van der Waals surface area (Å²) in [5.41, 5.74) is 0. The van der Waals surface area contributed by atoms with E-state index in [0.717, 1.165) is 0 Å². The first-order chi connectivity index (χ1) is 4.81. The first kappa shape index (κ1) is 10.6. The molecule has 0 spiro atoms. The smallest absolute Gasteiger partial charge is 0.244 e. The molecule has 0 aliphatic rings. The predicted octanol–water partition coefficient (Wildman–Crippen LogP) is 3.10. The third-order valence-corrected chi connectivity index (χ3v) is 0.982. The molecule has 0 N–H and O–H groups in total. The van der Waals surface area contributed by atoms with Crippen molar-refractivity contribution in [2.75, 3.05) is 0 Å². The largest absolute Gasteiger partial charge is 0.453 e. The van der Waals surface area contributed by atoms with Crippen molar-refractivity contribution in [2.45, 2.75) is 24.9 Å². The number of hydrogen-bond donors (Lipinski definition) is 0. The fourth-order valence-corrected chi connectivity index (χ4v) is 0.378. The Balaban J connectivity index is 4.00. The van der Waals surface area contributed by atoms with E-state index in [2.05, 4.69) is 0 Å². The van der Waals surface area contributed by atoms with Crippen LogP contribution in [-0.4, -0.2) is 12.1 Å². The van der Waals surface area contributed by atoms with E-state index in [9.17, 15) is 26.3 Å². The summed E-state index contributed by atoms with van der Waals surface area (Å²) >= 11 is 0. The highest BCUT2D eigenvalue weighted by Crippen LogP contribution is 2.38. The van der Waals surface area contributed by atoms with Crippen molar-refractivity contribution >= 4 is 0 Å². The molecule has 6 heteroatoms. The summed E-state index contributed by atoms with van der Waals surface area (Å²) in [4.78, 5) is 0. The van der Waals surface area contributed by atoms with Crippen LogP contribution in [0.15, 0.2) is 0 Å². The maximum absolute atomic E-state index is 11.8. The van der Waals surface area contributed by atoms with Crippen LogP contribution in [0.25, 0.3) is 0 Å². The molecule has 0 aromatic carbocycles. The van der Waals surface area contributed by atoms with Gasteiger partial charge in [0.2, 0.25) is 0 Å². The molecule has 0 aromatic rings. The highest BCUT2D eigenvalue weighted by atomic mass is 19.4. The van der Waals surface area contributed by atoms with Gasteiger partial charge >= 0.3 is 12.1 Å². The fourth-order valence-electron chi connectivity index (χ4n) is 0.378. The van der Waals surface area contributed by atoms with E-state index in [1.165, 1.54) is 0 Å². The molecule has 0 saturated heterocycles. The maximum atomic E-state index is 11.8. The second-order valence-corrected chi connectivity index (χ2v) is 1.90. The van der Waals surface area contributed by atoms with E-state index in [-0.39, 0.29) is 6.67 Å². The van der Waals surface area contributed by atoms with Gasteiger partial charge in [-0.25, -0.2) is 4.39 Å². The Morgan fingerprint density at radius 2 is 1.45 bits per heavy atom. The number of hydrogen-bond acceptors (Lipinski definition) is 0. The summed E-state index contributed by atoms with van der Waals surface area (Å²) in [5.74, 6) is -4.78. The third-order valence-electron chi connectivity index (χ3n) is 0.982. The first-order valence-corrected chi connectivity index (χ1v) is 2.67. The van der Waals surface area contributed by atoms with E-state index in [1.807, 2.05) is 0 Å². The van der Waals surface area contributed by atoms with Gasteiger partial charge in [-0.2, -0.15) is 22.0 Å². The minimum absolute atomic E-state index is 0.223. The Hall–Kier alpha value is -0.420. The van der Waals surface area contributed by atoms with Gasteiger partial charge in [0.15, 0.2) is 0 Å². The molecule has 0 aromatic heterocycles. The molecule has 0 unspecified atom stereocenters. The van der Waals surface area contributed by atoms with Gasteiger partial charge in [-0.1, -0.05) is 0 Å². The molecule has 0 bridgehead atoms. The second-order valence-electron chi connectivity index (χ2n) is 1.90. The molecule has 0 nitrogen and oxygen atoms in total. The maximum Gasteiger partial charge on any atom is 0.453 e. The van der Waals surface area contributed by atoms with Crippen LogP contribution in [0.2, 0.25) is 0 Å². The Labute approximate surface area is 59.2 Å². The monoisotopic (exact) mass is 179 g/mol. The van der Waals surface area contributed by atoms with Crippen LogP contribution in [-0.2, 0) is 0 Å². The van der Waals surface area contributed by atoms with Crippen molar-refractivity contribution in [1.82, 2.24) is 0 Å². The lowest BCUT2D eigenvalue weighted by Crippen LogP contribution is -2.36. The zero-order valence-corrected chi connectivity index (χ0v) is 5.26. The van der Waals surface area contributed by atoms with Gasteiger partial charge in [0.25, 0.3) is 0 Å². The van der Waals surface area contributed by atoms with E-state index in [0.29, 0.717) is 0 Å². The molecule has 0 fully saturated rings. The van der Waals surface area contributed by atoms with Gasteiger partial charge < -0.3 is 0 Å². The summed E-state index contributed by atoms with van der Waals surface area (Å²) in [7, 11) is 0. The molecule has 11 heavy (non-hydrogen) atoms. The molecule has 67 valence electrons. The lowest BCUT2D eigenvalue weighted by molar-refractivity contribution is -0.284. The third kappa shape index (κ3) is 2.98. The Morgan fingerprint density at radius 3 is 1.73 bits per heavy atom. The number of rotatable bonds is 3. The van der Waals surface area contributed by atoms with E-state index >= 15 is 0 Å². The fraction of sp³-hybridized carbons (Fsp3) is 0.800. The average Bonchev–Trinajstić information content (AvgIpc) is 1.81. The van der Waals surface area contributed by atoms with Gasteiger partial charge in [-0.15, -0.1) is 0 Å². The molecule has 0 amide bonds. The van der Waals surface area contributed by atoms with Crippen LogP contribution in [0, 0.1) is 6.67 Å². The molecule has 0 heterocycles. The van der Waals surface area contributed by atoms with E-state index in [1.54, 1.807) is 0 Å². The van der Waals surface area contributed by atoms with Crippen LogP contribution in [0.4, 0.5) is 26.3 Å². The van der Waals surface area contributed by atoms with E-state index < -0.39 is 24.9 Å². The zero-order chi connectivity index (χ0) is 9.12. The van der Waals surface area contributed by atoms with Crippen molar-refractivity contribution in [3.63, 3.8) is 0 Å². The van der Waals surface area contributed by atoms with Crippen molar-refractivity contribution in [2.24, 2.45) is 0 Å². The second kappa shape index (κ2) is 3.32. The van der Waals surface area contributed by atoms with Crippen LogP contribution >= 0.6 is 0 Å². The van der Waals surface area contributed by atoms with Crippen molar-refractivity contribution in [3.05, 3.63) is 6.67 Å². The van der Waals surface area contributed by atoms with Gasteiger partial charge in [-0.05, 0) is 6.42 Å². The molecule has 0 aliphatic carbocycles. The predicted molar refractivity (Wildman–Crippen MR) is 25.6 cm³/mol. The number of alkyl halides is 5. The standard InChI is InChI=1S/C5H5F6/c6-3-1-2-4(7,8)5(9,10)11/h3H,1-2H2. The summed E-state index contributed by atoms with van der Waals surface area (Å²) in [6, 6.07) is 0. The summed E-state index contributed by atoms with van der Waals surface area (Å²) in [6.45, 7) is -0.223. The Kier molecular flexibility index (Phi) is 3.19. The quantitative estimate of drug-likeness (QED) is 0.584. The van der Waals surface area contributed by atoms with Crippen LogP contribution in [0.5, 0.6) is 0 Å². The molecule has 0 aliphatic heterocycles. The molecule has 0 rings (SSSR count).